The largest absolute Gasteiger partial charge is 0.468 e. The minimum absolute atomic E-state index is 0.0981. The summed E-state index contributed by atoms with van der Waals surface area (Å²) >= 11 is 0. The number of hydrogen-bond donors (Lipinski definition) is 4. The van der Waals surface area contributed by atoms with Gasteiger partial charge in [0, 0.05) is 100 Å². The number of carbonyl (C=O) groups is 1. The van der Waals surface area contributed by atoms with E-state index in [0.29, 0.717) is 93.3 Å². The quantitative estimate of drug-likeness (QED) is 0.0591. The molecule has 4 aromatic carbocycles. The standard InChI is InChI=1S/C64H77FN10O9S/c1-41-6-4-5-7-49(41)58-38-70(37-44-8-13-53(51(65)30-44)72-27-29-83-39-42(72)2)25-26-73(58)47-34-64(35-47)20-23-71(24-21-64)46-9-11-50(55(32-46)74-54-17-28-82-40-59(54)84-62-57(74)31-45-16-22-66-60(45)68-62)61(76)69-85(80,81)48-10-12-52(56(33-48)75(78)79)67-36-43-14-18-63(3,77)19-15-43/h4-13,16,22,30-33,42-43,47,54,58-59,67,77H,14-15,17-21,23-29,34-40H2,1-3H3,(H,66,68)(H,69,76)/t42-,43?,54+,58+,59+,63?/m1/s1. The van der Waals surface area contributed by atoms with Crippen LogP contribution in [0.15, 0.2) is 102 Å². The number of aromatic nitrogens is 2. The first-order valence-electron chi connectivity index (χ1n) is 30.4. The Labute approximate surface area is 496 Å². The van der Waals surface area contributed by atoms with Crippen LogP contribution in [0.25, 0.3) is 11.0 Å². The highest BCUT2D eigenvalue weighted by atomic mass is 32.2. The third-order valence-corrected chi connectivity index (χ3v) is 21.0. The maximum absolute atomic E-state index is 15.8. The molecule has 4 N–H and O–H groups in total. The van der Waals surface area contributed by atoms with Crippen LogP contribution >= 0.6 is 0 Å². The summed E-state index contributed by atoms with van der Waals surface area (Å²) in [6, 6.07) is 28.0. The second-order valence-corrected chi connectivity index (χ2v) is 27.1. The van der Waals surface area contributed by atoms with Crippen molar-refractivity contribution in [1.29, 1.82) is 0 Å². The normalized spacial score (nSPS) is 25.7. The highest BCUT2D eigenvalue weighted by molar-refractivity contribution is 7.90. The van der Waals surface area contributed by atoms with Gasteiger partial charge in [-0.25, -0.2) is 17.5 Å². The Morgan fingerprint density at radius 1 is 0.894 bits per heavy atom. The van der Waals surface area contributed by atoms with E-state index in [1.54, 1.807) is 18.3 Å². The lowest BCUT2D eigenvalue weighted by molar-refractivity contribution is -0.384. The molecule has 450 valence electrons. The lowest BCUT2D eigenvalue weighted by atomic mass is 9.59. The van der Waals surface area contributed by atoms with Gasteiger partial charge < -0.3 is 44.3 Å². The van der Waals surface area contributed by atoms with Crippen molar-refractivity contribution in [2.75, 3.05) is 92.3 Å². The topological polar surface area (TPSA) is 211 Å². The maximum Gasteiger partial charge on any atom is 0.293 e. The number of H-pyrrole nitrogens is 1. The average molecular weight is 1180 g/mol. The van der Waals surface area contributed by atoms with Crippen LogP contribution in [0.4, 0.5) is 38.5 Å². The van der Waals surface area contributed by atoms with Crippen molar-refractivity contribution in [1.82, 2.24) is 24.5 Å². The Kier molecular flexibility index (Phi) is 15.5. The first-order chi connectivity index (χ1) is 41.0. The molecule has 4 saturated heterocycles. The van der Waals surface area contributed by atoms with E-state index >= 15 is 4.39 Å². The average Bonchev–Trinajstić information content (AvgIpc) is 3.86. The number of aliphatic hydroxyl groups is 1. The molecular weight excluding hydrogens is 1100 g/mol. The number of halogens is 1. The van der Waals surface area contributed by atoms with Crippen molar-refractivity contribution in [2.45, 2.75) is 126 Å². The molecule has 6 fully saturated rings. The molecule has 13 rings (SSSR count). The first kappa shape index (κ1) is 57.2. The van der Waals surface area contributed by atoms with Gasteiger partial charge in [0.1, 0.15) is 28.9 Å². The van der Waals surface area contributed by atoms with E-state index in [-0.39, 0.29) is 53.1 Å². The molecule has 7 aliphatic rings. The number of aromatic amines is 1. The van der Waals surface area contributed by atoms with E-state index in [4.69, 9.17) is 19.2 Å². The molecule has 1 amide bonds. The number of nitro groups is 1. The van der Waals surface area contributed by atoms with Gasteiger partial charge >= 0.3 is 0 Å². The van der Waals surface area contributed by atoms with Crippen molar-refractivity contribution in [3.8, 4) is 5.88 Å². The van der Waals surface area contributed by atoms with E-state index in [1.807, 2.05) is 37.3 Å². The van der Waals surface area contributed by atoms with Crippen LogP contribution in [0.3, 0.4) is 0 Å². The van der Waals surface area contributed by atoms with Crippen LogP contribution in [0, 0.1) is 34.2 Å². The van der Waals surface area contributed by atoms with Gasteiger partial charge in [0.05, 0.1) is 58.2 Å². The number of hydrogen-bond acceptors (Lipinski definition) is 16. The fourth-order valence-corrected chi connectivity index (χ4v) is 15.7. The van der Waals surface area contributed by atoms with Gasteiger partial charge in [0.25, 0.3) is 21.6 Å². The molecule has 5 aliphatic heterocycles. The highest BCUT2D eigenvalue weighted by Gasteiger charge is 2.50. The number of sulfonamides is 1. The number of benzene rings is 4. The van der Waals surface area contributed by atoms with Crippen molar-refractivity contribution < 1.29 is 41.8 Å². The molecule has 2 saturated carbocycles. The van der Waals surface area contributed by atoms with Crippen LogP contribution in [-0.4, -0.2) is 146 Å². The van der Waals surface area contributed by atoms with E-state index in [2.05, 4.69) is 83.7 Å². The Morgan fingerprint density at radius 3 is 2.47 bits per heavy atom. The van der Waals surface area contributed by atoms with Gasteiger partial charge in [-0.15, -0.1) is 0 Å². The van der Waals surface area contributed by atoms with Crippen molar-refractivity contribution in [3.63, 3.8) is 0 Å². The van der Waals surface area contributed by atoms with Crippen LogP contribution in [0.1, 0.15) is 105 Å². The number of fused-ring (bicyclic) bond motifs is 3. The molecule has 6 aromatic rings. The molecule has 85 heavy (non-hydrogen) atoms. The molecule has 19 nitrogen and oxygen atoms in total. The Balaban J connectivity index is 0.734. The molecule has 0 unspecified atom stereocenters. The minimum Gasteiger partial charge on any atom is -0.468 e. The zero-order chi connectivity index (χ0) is 58.8. The molecule has 21 heteroatoms. The van der Waals surface area contributed by atoms with Crippen molar-refractivity contribution >= 4 is 61.1 Å². The van der Waals surface area contributed by atoms with E-state index in [0.717, 1.165) is 94.0 Å². The minimum atomic E-state index is -4.65. The summed E-state index contributed by atoms with van der Waals surface area (Å²) in [6.45, 7) is 14.0. The number of nitro benzene ring substituents is 1. The summed E-state index contributed by atoms with van der Waals surface area (Å²) in [7, 11) is -4.65. The third kappa shape index (κ3) is 11.5. The predicted molar refractivity (Wildman–Crippen MR) is 324 cm³/mol. The smallest absolute Gasteiger partial charge is 0.293 e. The summed E-state index contributed by atoms with van der Waals surface area (Å²) in [5.74, 6) is -0.535. The fraction of sp³-hybridized carbons (Fsp3) is 0.500. The second-order valence-electron chi connectivity index (χ2n) is 25.4. The molecule has 0 bridgehead atoms. The number of piperazine rings is 1. The third-order valence-electron chi connectivity index (χ3n) is 19.7. The van der Waals surface area contributed by atoms with Gasteiger partial charge in [0.15, 0.2) is 0 Å². The highest BCUT2D eigenvalue weighted by Crippen LogP contribution is 2.54. The maximum atomic E-state index is 15.8. The molecular formula is C64H77FN10O9S. The predicted octanol–water partition coefficient (Wildman–Crippen LogP) is 9.61. The van der Waals surface area contributed by atoms with Crippen LogP contribution in [0.2, 0.25) is 0 Å². The monoisotopic (exact) mass is 1180 g/mol. The summed E-state index contributed by atoms with van der Waals surface area (Å²) in [6.07, 6.45) is 8.83. The van der Waals surface area contributed by atoms with Gasteiger partial charge in [-0.2, -0.15) is 4.98 Å². The molecule has 1 spiro atoms. The number of rotatable bonds is 14. The zero-order valence-electron chi connectivity index (χ0n) is 48.7. The number of nitrogens with zero attached hydrogens (tertiary/aromatic N) is 7. The lowest BCUT2D eigenvalue weighted by Crippen LogP contribution is -2.59. The van der Waals surface area contributed by atoms with E-state index in [9.17, 15) is 28.4 Å². The van der Waals surface area contributed by atoms with Gasteiger partial charge in [-0.05, 0) is 161 Å². The number of pyridine rings is 1. The number of ether oxygens (including phenoxy) is 3. The number of amides is 1. The molecule has 7 heterocycles. The number of nitrogens with one attached hydrogen (secondary N) is 3. The summed E-state index contributed by atoms with van der Waals surface area (Å²) < 4.78 is 64.8. The zero-order valence-corrected chi connectivity index (χ0v) is 49.5. The van der Waals surface area contributed by atoms with E-state index in [1.165, 1.54) is 23.3 Å². The summed E-state index contributed by atoms with van der Waals surface area (Å²) in [5.41, 5.74) is 6.16. The SMILES string of the molecule is Cc1ccccc1[C@@H]1CN(Cc2ccc(N3CCOC[C@H]3C)c(F)c2)CCN1C1CC2(CCN(c3ccc(C(=O)NS(=O)(=O)c4ccc(NCC5CCC(C)(O)CC5)c([N+](=O)[O-])c4)c(N4c5cc6cc[nH]c6nc5O[C@H]5COCC[C@@H]54)c3)CC2)C1. The number of piperidine rings is 1. The Hall–Kier alpha value is -6.88. The summed E-state index contributed by atoms with van der Waals surface area (Å²) in [5, 5.41) is 26.9. The van der Waals surface area contributed by atoms with E-state index < -0.39 is 43.1 Å². The number of aryl methyl sites for hydroxylation is 1. The molecule has 2 aromatic heterocycles. The number of morpholine rings is 1. The van der Waals surface area contributed by atoms with Gasteiger partial charge in [0.2, 0.25) is 5.88 Å². The Morgan fingerprint density at radius 2 is 1.69 bits per heavy atom. The van der Waals surface area contributed by atoms with Crippen LogP contribution in [0.5, 0.6) is 5.88 Å². The lowest BCUT2D eigenvalue weighted by Gasteiger charge is -2.58. The van der Waals surface area contributed by atoms with Crippen molar-refractivity contribution in [2.24, 2.45) is 11.3 Å². The summed E-state index contributed by atoms with van der Waals surface area (Å²) in [4.78, 5) is 46.1. The van der Waals surface area contributed by atoms with Crippen LogP contribution in [-0.2, 0) is 26.0 Å². The number of carbonyl (C=O) groups excluding carboxylic acids is 1. The molecule has 4 atom stereocenters. The van der Waals surface area contributed by atoms with Crippen molar-refractivity contribution in [3.05, 3.63) is 135 Å². The molecule has 2 aliphatic carbocycles. The molecule has 0 radical (unpaired) electrons. The second kappa shape index (κ2) is 23.1. The van der Waals surface area contributed by atoms with Crippen LogP contribution < -0.4 is 29.5 Å². The first-order valence-corrected chi connectivity index (χ1v) is 31.8. The van der Waals surface area contributed by atoms with Gasteiger partial charge in [-0.3, -0.25) is 24.7 Å². The number of anilines is 5. The van der Waals surface area contributed by atoms with Gasteiger partial charge in [-0.1, -0.05) is 30.3 Å². The Bertz CT molecular complexity index is 3600. The fourth-order valence-electron chi connectivity index (χ4n) is 14.8.